The van der Waals surface area contributed by atoms with Gasteiger partial charge in [-0.2, -0.15) is 4.98 Å². The Bertz CT molecular complexity index is 385. The first kappa shape index (κ1) is 14.2. The number of aromatic nitrogens is 2. The van der Waals surface area contributed by atoms with Crippen LogP contribution in [0, 0.1) is 0 Å². The van der Waals surface area contributed by atoms with Crippen molar-refractivity contribution in [1.82, 2.24) is 9.97 Å². The predicted molar refractivity (Wildman–Crippen MR) is 69.5 cm³/mol. The highest BCUT2D eigenvalue weighted by molar-refractivity contribution is 5.72. The molecule has 1 heterocycles. The molecule has 0 spiro atoms. The van der Waals surface area contributed by atoms with Gasteiger partial charge in [0.1, 0.15) is 11.9 Å². The van der Waals surface area contributed by atoms with Crippen LogP contribution in [0.15, 0.2) is 12.3 Å². The van der Waals surface area contributed by atoms with Crippen LogP contribution >= 0.6 is 0 Å². The SMILES string of the molecule is CNc1ccnc(NCCCCC(N)C(=O)O)n1. The van der Waals surface area contributed by atoms with Gasteiger partial charge in [0, 0.05) is 19.8 Å². The number of carbonyl (C=O) groups is 1. The Labute approximate surface area is 106 Å². The number of hydrogen-bond acceptors (Lipinski definition) is 6. The van der Waals surface area contributed by atoms with Gasteiger partial charge >= 0.3 is 5.97 Å². The zero-order chi connectivity index (χ0) is 13.4. The van der Waals surface area contributed by atoms with Crippen LogP contribution in [0.25, 0.3) is 0 Å². The number of nitrogens with one attached hydrogen (secondary N) is 2. The summed E-state index contributed by atoms with van der Waals surface area (Å²) >= 11 is 0. The molecule has 0 aliphatic carbocycles. The number of hydrogen-bond donors (Lipinski definition) is 4. The van der Waals surface area contributed by atoms with Crippen molar-refractivity contribution < 1.29 is 9.90 Å². The standard InChI is InChI=1S/C11H19N5O2/c1-13-9-5-7-15-11(16-9)14-6-3-2-4-8(12)10(17)18/h5,7-8H,2-4,6,12H2,1H3,(H,17,18)(H2,13,14,15,16). The molecule has 1 atom stereocenters. The van der Waals surface area contributed by atoms with E-state index in [1.165, 1.54) is 0 Å². The van der Waals surface area contributed by atoms with Crippen molar-refractivity contribution >= 4 is 17.7 Å². The molecule has 0 saturated carbocycles. The van der Waals surface area contributed by atoms with Crippen molar-refractivity contribution in [3.8, 4) is 0 Å². The van der Waals surface area contributed by atoms with Gasteiger partial charge in [0.15, 0.2) is 0 Å². The molecule has 0 amide bonds. The minimum Gasteiger partial charge on any atom is -0.480 e. The molecule has 0 bridgehead atoms. The van der Waals surface area contributed by atoms with E-state index in [4.69, 9.17) is 10.8 Å². The third-order valence-electron chi connectivity index (χ3n) is 2.45. The molecule has 1 aromatic rings. The third kappa shape index (κ3) is 4.96. The summed E-state index contributed by atoms with van der Waals surface area (Å²) in [6, 6.07) is 1.01. The van der Waals surface area contributed by atoms with E-state index in [0.29, 0.717) is 18.9 Å². The summed E-state index contributed by atoms with van der Waals surface area (Å²) in [7, 11) is 1.79. The molecule has 18 heavy (non-hydrogen) atoms. The van der Waals surface area contributed by atoms with Crippen LogP contribution < -0.4 is 16.4 Å². The van der Waals surface area contributed by atoms with E-state index in [2.05, 4.69) is 20.6 Å². The second-order valence-corrected chi connectivity index (χ2v) is 3.88. The van der Waals surface area contributed by atoms with E-state index in [1.807, 2.05) is 0 Å². The first-order valence-corrected chi connectivity index (χ1v) is 5.86. The maximum atomic E-state index is 10.5. The number of anilines is 2. The van der Waals surface area contributed by atoms with Gasteiger partial charge in [-0.1, -0.05) is 0 Å². The monoisotopic (exact) mass is 253 g/mol. The summed E-state index contributed by atoms with van der Waals surface area (Å²) in [6.07, 6.45) is 3.73. The summed E-state index contributed by atoms with van der Waals surface area (Å²) in [5.41, 5.74) is 5.39. The number of aliphatic carboxylic acids is 1. The average Bonchev–Trinajstić information content (AvgIpc) is 2.38. The Morgan fingerprint density at radius 1 is 1.56 bits per heavy atom. The lowest BCUT2D eigenvalue weighted by Crippen LogP contribution is -2.29. The first-order chi connectivity index (χ1) is 8.63. The fourth-order valence-electron chi connectivity index (χ4n) is 1.40. The summed E-state index contributed by atoms with van der Waals surface area (Å²) < 4.78 is 0. The lowest BCUT2D eigenvalue weighted by atomic mass is 10.1. The summed E-state index contributed by atoms with van der Waals surface area (Å²) in [5, 5.41) is 14.6. The average molecular weight is 253 g/mol. The fourth-order valence-corrected chi connectivity index (χ4v) is 1.40. The van der Waals surface area contributed by atoms with E-state index in [-0.39, 0.29) is 0 Å². The van der Waals surface area contributed by atoms with Crippen LogP contribution in [0.1, 0.15) is 19.3 Å². The fraction of sp³-hybridized carbons (Fsp3) is 0.545. The van der Waals surface area contributed by atoms with E-state index in [1.54, 1.807) is 19.3 Å². The molecular weight excluding hydrogens is 234 g/mol. The summed E-state index contributed by atoms with van der Waals surface area (Å²) in [4.78, 5) is 18.8. The van der Waals surface area contributed by atoms with Crippen molar-refractivity contribution in [2.75, 3.05) is 24.2 Å². The van der Waals surface area contributed by atoms with Gasteiger partial charge in [0.25, 0.3) is 0 Å². The predicted octanol–water partition coefficient (Wildman–Crippen LogP) is 0.512. The van der Waals surface area contributed by atoms with E-state index in [9.17, 15) is 4.79 Å². The third-order valence-corrected chi connectivity index (χ3v) is 2.45. The molecular formula is C11H19N5O2. The Morgan fingerprint density at radius 3 is 3.00 bits per heavy atom. The Hall–Kier alpha value is -1.89. The Balaban J connectivity index is 2.19. The van der Waals surface area contributed by atoms with Crippen molar-refractivity contribution in [2.24, 2.45) is 5.73 Å². The maximum Gasteiger partial charge on any atom is 0.320 e. The summed E-state index contributed by atoms with van der Waals surface area (Å²) in [6.45, 7) is 0.694. The highest BCUT2D eigenvalue weighted by Gasteiger charge is 2.09. The lowest BCUT2D eigenvalue weighted by Gasteiger charge is -2.07. The zero-order valence-corrected chi connectivity index (χ0v) is 10.4. The molecule has 0 saturated heterocycles. The molecule has 0 fully saturated rings. The zero-order valence-electron chi connectivity index (χ0n) is 10.4. The number of rotatable bonds is 8. The molecule has 1 aromatic heterocycles. The van der Waals surface area contributed by atoms with E-state index < -0.39 is 12.0 Å². The number of carboxylic acids is 1. The van der Waals surface area contributed by atoms with Gasteiger partial charge in [-0.25, -0.2) is 4.98 Å². The molecule has 7 nitrogen and oxygen atoms in total. The highest BCUT2D eigenvalue weighted by atomic mass is 16.4. The largest absolute Gasteiger partial charge is 0.480 e. The molecule has 100 valence electrons. The maximum absolute atomic E-state index is 10.5. The quantitative estimate of drug-likeness (QED) is 0.499. The van der Waals surface area contributed by atoms with Gasteiger partial charge in [0.2, 0.25) is 5.95 Å². The minimum absolute atomic E-state index is 0.481. The van der Waals surface area contributed by atoms with Gasteiger partial charge in [0.05, 0.1) is 0 Å². The number of carboxylic acid groups (broad SMARTS) is 1. The van der Waals surface area contributed by atoms with Crippen LogP contribution in [-0.2, 0) is 4.79 Å². The molecule has 0 radical (unpaired) electrons. The first-order valence-electron chi connectivity index (χ1n) is 5.86. The molecule has 0 aliphatic rings. The van der Waals surface area contributed by atoms with Crippen LogP contribution in [0.2, 0.25) is 0 Å². The smallest absolute Gasteiger partial charge is 0.320 e. The molecule has 1 unspecified atom stereocenters. The van der Waals surface area contributed by atoms with Crippen LogP contribution in [0.5, 0.6) is 0 Å². The van der Waals surface area contributed by atoms with Crippen molar-refractivity contribution in [3.05, 3.63) is 12.3 Å². The molecule has 1 rings (SSSR count). The molecule has 0 aromatic carbocycles. The number of nitrogens with two attached hydrogens (primary N) is 1. The molecule has 0 aliphatic heterocycles. The van der Waals surface area contributed by atoms with Crippen LogP contribution in [0.4, 0.5) is 11.8 Å². The van der Waals surface area contributed by atoms with Gasteiger partial charge in [-0.05, 0) is 25.3 Å². The van der Waals surface area contributed by atoms with Crippen molar-refractivity contribution in [1.29, 1.82) is 0 Å². The van der Waals surface area contributed by atoms with Gasteiger partial charge in [-0.3, -0.25) is 4.79 Å². The highest BCUT2D eigenvalue weighted by Crippen LogP contribution is 2.05. The molecule has 5 N–H and O–H groups in total. The van der Waals surface area contributed by atoms with Crippen LogP contribution in [0.3, 0.4) is 0 Å². The minimum atomic E-state index is -0.951. The summed E-state index contributed by atoms with van der Waals surface area (Å²) in [5.74, 6) is 0.359. The Kier molecular flexibility index (Phi) is 5.86. The number of nitrogens with zero attached hydrogens (tertiary/aromatic N) is 2. The Morgan fingerprint density at radius 2 is 2.33 bits per heavy atom. The van der Waals surface area contributed by atoms with Crippen LogP contribution in [-0.4, -0.2) is 40.7 Å². The second-order valence-electron chi connectivity index (χ2n) is 3.88. The van der Waals surface area contributed by atoms with Crippen molar-refractivity contribution in [2.45, 2.75) is 25.3 Å². The molecule has 7 heteroatoms. The van der Waals surface area contributed by atoms with E-state index >= 15 is 0 Å². The second kappa shape index (κ2) is 7.44. The number of unbranched alkanes of at least 4 members (excludes halogenated alkanes) is 1. The van der Waals surface area contributed by atoms with Gasteiger partial charge in [-0.15, -0.1) is 0 Å². The topological polar surface area (TPSA) is 113 Å². The lowest BCUT2D eigenvalue weighted by molar-refractivity contribution is -0.138. The normalized spacial score (nSPS) is 11.9. The van der Waals surface area contributed by atoms with Gasteiger partial charge < -0.3 is 21.5 Å². The van der Waals surface area contributed by atoms with Crippen molar-refractivity contribution in [3.63, 3.8) is 0 Å². The van der Waals surface area contributed by atoms with E-state index in [0.717, 1.165) is 18.7 Å².